The molecule has 1 fully saturated rings. The Labute approximate surface area is 191 Å². The van der Waals surface area contributed by atoms with Gasteiger partial charge in [-0.05, 0) is 57.7 Å². The largest absolute Gasteiger partial charge is 0.444 e. The van der Waals surface area contributed by atoms with Crippen LogP contribution in [0.3, 0.4) is 0 Å². The van der Waals surface area contributed by atoms with Crippen LogP contribution >= 0.6 is 0 Å². The van der Waals surface area contributed by atoms with Gasteiger partial charge in [-0.25, -0.2) is 4.79 Å². The average Bonchev–Trinajstić information content (AvgIpc) is 2.72. The Bertz CT molecular complexity index is 825. The molecule has 176 valence electrons. The maximum absolute atomic E-state index is 13.3. The number of likely N-dealkylation sites (N-methyl/N-ethyl adjacent to an activating group) is 1. The smallest absolute Gasteiger partial charge is 0.408 e. The maximum atomic E-state index is 13.3. The van der Waals surface area contributed by atoms with Crippen molar-refractivity contribution in [1.82, 2.24) is 15.5 Å². The molecule has 1 saturated carbocycles. The Kier molecular flexibility index (Phi) is 8.87. The molecule has 2 rings (SSSR count). The average molecular weight is 444 g/mol. The number of nitrogens with zero attached hydrogens (tertiary/aromatic N) is 1. The third-order valence-electron chi connectivity index (χ3n) is 5.50. The first kappa shape index (κ1) is 25.4. The molecule has 1 aromatic carbocycles. The zero-order valence-corrected chi connectivity index (χ0v) is 19.9. The van der Waals surface area contributed by atoms with Gasteiger partial charge in [-0.15, -0.1) is 0 Å². The van der Waals surface area contributed by atoms with Crippen LogP contribution < -0.4 is 10.6 Å². The lowest BCUT2D eigenvalue weighted by Crippen LogP contribution is -2.51. The minimum atomic E-state index is -0.859. The van der Waals surface area contributed by atoms with Crippen LogP contribution in [-0.4, -0.2) is 47.5 Å². The molecule has 2 atom stereocenters. The summed E-state index contributed by atoms with van der Waals surface area (Å²) >= 11 is 0. The predicted octanol–water partition coefficient (Wildman–Crippen LogP) is 4.19. The van der Waals surface area contributed by atoms with E-state index >= 15 is 0 Å². The topological polar surface area (TPSA) is 87.7 Å². The molecule has 2 N–H and O–H groups in total. The van der Waals surface area contributed by atoms with Crippen molar-refractivity contribution in [3.63, 3.8) is 0 Å². The van der Waals surface area contributed by atoms with Crippen molar-refractivity contribution in [2.45, 2.75) is 83.5 Å². The van der Waals surface area contributed by atoms with Crippen LogP contribution in [0.1, 0.15) is 77.0 Å². The zero-order chi connectivity index (χ0) is 23.9. The van der Waals surface area contributed by atoms with E-state index in [0.29, 0.717) is 5.56 Å². The van der Waals surface area contributed by atoms with E-state index in [2.05, 4.69) is 17.2 Å². The molecule has 1 aliphatic carbocycles. The van der Waals surface area contributed by atoms with Crippen LogP contribution in [0.25, 0.3) is 6.08 Å². The third kappa shape index (κ3) is 7.39. The highest BCUT2D eigenvalue weighted by atomic mass is 16.6. The van der Waals surface area contributed by atoms with Gasteiger partial charge in [0.15, 0.2) is 0 Å². The van der Waals surface area contributed by atoms with Crippen molar-refractivity contribution in [2.24, 2.45) is 0 Å². The number of benzene rings is 1. The summed E-state index contributed by atoms with van der Waals surface area (Å²) in [6.45, 7) is 10.6. The standard InChI is InChI=1S/C25H37N3O4/c1-7-18-12-11-13-19(16-18)21(22(29)27-20-14-9-8-10-15-20)28(6)23(30)17(2)26-24(31)32-25(3,4)5/h7,11-13,16-17,20-21H,1,8-10,14-15H2,2-6H3,(H,26,31)(H,27,29). The van der Waals surface area contributed by atoms with Gasteiger partial charge >= 0.3 is 6.09 Å². The lowest BCUT2D eigenvalue weighted by Gasteiger charge is -2.32. The van der Waals surface area contributed by atoms with Gasteiger partial charge in [0.05, 0.1) is 0 Å². The molecule has 0 aliphatic heterocycles. The molecular formula is C25H37N3O4. The first-order valence-electron chi connectivity index (χ1n) is 11.3. The normalized spacial score (nSPS) is 16.4. The van der Waals surface area contributed by atoms with Crippen molar-refractivity contribution in [3.05, 3.63) is 42.0 Å². The maximum Gasteiger partial charge on any atom is 0.408 e. The molecule has 0 bridgehead atoms. The molecule has 32 heavy (non-hydrogen) atoms. The molecule has 0 spiro atoms. The summed E-state index contributed by atoms with van der Waals surface area (Å²) in [5.41, 5.74) is 0.876. The summed E-state index contributed by atoms with van der Waals surface area (Å²) in [6.07, 6.45) is 6.28. The van der Waals surface area contributed by atoms with Gasteiger partial charge in [-0.1, -0.05) is 50.1 Å². The van der Waals surface area contributed by atoms with E-state index in [1.807, 2.05) is 24.3 Å². The number of hydrogen-bond donors (Lipinski definition) is 2. The molecule has 7 nitrogen and oxygen atoms in total. The summed E-state index contributed by atoms with van der Waals surface area (Å²) in [7, 11) is 1.58. The van der Waals surface area contributed by atoms with Crippen molar-refractivity contribution < 1.29 is 19.1 Å². The molecular weight excluding hydrogens is 406 g/mol. The monoisotopic (exact) mass is 443 g/mol. The van der Waals surface area contributed by atoms with Gasteiger partial charge in [0.1, 0.15) is 17.7 Å². The lowest BCUT2D eigenvalue weighted by molar-refractivity contribution is -0.140. The number of carbonyl (C=O) groups excluding carboxylic acids is 3. The van der Waals surface area contributed by atoms with E-state index < -0.39 is 23.8 Å². The number of ether oxygens (including phenoxy) is 1. The van der Waals surface area contributed by atoms with Crippen LogP contribution in [0.15, 0.2) is 30.8 Å². The second-order valence-electron chi connectivity index (χ2n) is 9.44. The van der Waals surface area contributed by atoms with Gasteiger partial charge in [0.2, 0.25) is 11.8 Å². The highest BCUT2D eigenvalue weighted by molar-refractivity contribution is 5.92. The number of hydrogen-bond acceptors (Lipinski definition) is 4. The Hall–Kier alpha value is -2.83. The molecule has 1 aromatic rings. The Morgan fingerprint density at radius 1 is 1.19 bits per heavy atom. The van der Waals surface area contributed by atoms with Crippen molar-refractivity contribution >= 4 is 24.0 Å². The molecule has 0 radical (unpaired) electrons. The highest BCUT2D eigenvalue weighted by Crippen LogP contribution is 2.24. The molecule has 1 aliphatic rings. The van der Waals surface area contributed by atoms with Gasteiger partial charge in [-0.3, -0.25) is 9.59 Å². The third-order valence-corrected chi connectivity index (χ3v) is 5.50. The fraction of sp³-hybridized carbons (Fsp3) is 0.560. The second kappa shape index (κ2) is 11.2. The first-order valence-corrected chi connectivity index (χ1v) is 11.3. The number of carbonyl (C=O) groups is 3. The van der Waals surface area contributed by atoms with Crippen LogP contribution in [-0.2, 0) is 14.3 Å². The fourth-order valence-corrected chi connectivity index (χ4v) is 3.91. The summed E-state index contributed by atoms with van der Waals surface area (Å²) in [5, 5.41) is 5.70. The lowest BCUT2D eigenvalue weighted by atomic mass is 9.94. The summed E-state index contributed by atoms with van der Waals surface area (Å²) in [4.78, 5) is 40.0. The number of rotatable bonds is 7. The molecule has 3 amide bonds. The van der Waals surface area contributed by atoms with Crippen molar-refractivity contribution in [3.8, 4) is 0 Å². The van der Waals surface area contributed by atoms with Gasteiger partial charge in [-0.2, -0.15) is 0 Å². The molecule has 2 unspecified atom stereocenters. The molecule has 0 aromatic heterocycles. The van der Waals surface area contributed by atoms with E-state index in [4.69, 9.17) is 4.74 Å². The zero-order valence-electron chi connectivity index (χ0n) is 19.9. The van der Waals surface area contributed by atoms with Crippen LogP contribution in [0.4, 0.5) is 4.79 Å². The minimum absolute atomic E-state index is 0.113. The van der Waals surface area contributed by atoms with E-state index in [0.717, 1.165) is 31.2 Å². The first-order chi connectivity index (χ1) is 15.0. The van der Waals surface area contributed by atoms with Crippen molar-refractivity contribution in [2.75, 3.05) is 7.05 Å². The quantitative estimate of drug-likeness (QED) is 0.661. The van der Waals surface area contributed by atoms with Crippen LogP contribution in [0.2, 0.25) is 0 Å². The summed E-state index contributed by atoms with van der Waals surface area (Å²) in [6, 6.07) is 5.84. The van der Waals surface area contributed by atoms with Crippen LogP contribution in [0, 0.1) is 0 Å². The molecule has 0 heterocycles. The Morgan fingerprint density at radius 3 is 2.44 bits per heavy atom. The van der Waals surface area contributed by atoms with E-state index in [9.17, 15) is 14.4 Å². The number of alkyl carbamates (subject to hydrolysis) is 1. The summed E-state index contributed by atoms with van der Waals surface area (Å²) < 4.78 is 5.25. The van der Waals surface area contributed by atoms with Gasteiger partial charge in [0, 0.05) is 13.1 Å². The minimum Gasteiger partial charge on any atom is -0.444 e. The van der Waals surface area contributed by atoms with Crippen LogP contribution in [0.5, 0.6) is 0 Å². The number of amides is 3. The molecule has 7 heteroatoms. The molecule has 0 saturated heterocycles. The second-order valence-corrected chi connectivity index (χ2v) is 9.44. The van der Waals surface area contributed by atoms with Gasteiger partial charge in [0.25, 0.3) is 0 Å². The van der Waals surface area contributed by atoms with E-state index in [-0.39, 0.29) is 17.9 Å². The summed E-state index contributed by atoms with van der Waals surface area (Å²) in [5.74, 6) is -0.609. The Balaban J connectivity index is 2.22. The van der Waals surface area contributed by atoms with E-state index in [1.54, 1.807) is 40.8 Å². The Morgan fingerprint density at radius 2 is 1.84 bits per heavy atom. The highest BCUT2D eigenvalue weighted by Gasteiger charge is 2.33. The van der Waals surface area contributed by atoms with E-state index in [1.165, 1.54) is 11.3 Å². The SMILES string of the molecule is C=Cc1cccc(C(C(=O)NC2CCCCC2)N(C)C(=O)C(C)NC(=O)OC(C)(C)C)c1. The number of nitrogens with one attached hydrogen (secondary N) is 2. The fourth-order valence-electron chi connectivity index (χ4n) is 3.91. The van der Waals surface area contributed by atoms with Gasteiger partial charge < -0.3 is 20.3 Å². The predicted molar refractivity (Wildman–Crippen MR) is 126 cm³/mol. The van der Waals surface area contributed by atoms with Crippen molar-refractivity contribution in [1.29, 1.82) is 0 Å².